The lowest BCUT2D eigenvalue weighted by Crippen LogP contribution is -2.28. The van der Waals surface area contributed by atoms with Gasteiger partial charge >= 0.3 is 12.1 Å². The highest BCUT2D eigenvalue weighted by atomic mass is 16.6. The maximum absolute atomic E-state index is 11.7. The van der Waals surface area contributed by atoms with Crippen LogP contribution in [0, 0.1) is 0 Å². The molecule has 0 bridgehead atoms. The summed E-state index contributed by atoms with van der Waals surface area (Å²) in [5.74, 6) is -0.145. The Labute approximate surface area is 347 Å². The molecule has 1 amide bonds. The van der Waals surface area contributed by atoms with Gasteiger partial charge in [-0.2, -0.15) is 0 Å². The van der Waals surface area contributed by atoms with Gasteiger partial charge in [0.05, 0.1) is 145 Å². The van der Waals surface area contributed by atoms with Crippen molar-refractivity contribution < 1.29 is 71.2 Å². The molecule has 0 spiro atoms. The average Bonchev–Trinajstić information content (AvgIpc) is 3.24. The standard InChI is InChI=1S/C42H75NO15/c1-2-3-4-5-6-7-11-14-41(44)57-38-37-56-36-35-55-34-33-54-32-31-53-30-29-52-28-27-51-26-25-50-24-23-49-22-21-48-20-19-47-18-17-46-16-15-43-42(45)58-39-40-12-9-8-10-13-40/h8-10,12-13H,2-7,11,14-39H2,1H3,(H,43,45). The second-order valence-electron chi connectivity index (χ2n) is 12.8. The molecule has 1 rings (SSSR count). The van der Waals surface area contributed by atoms with Gasteiger partial charge in [0.25, 0.3) is 0 Å². The molecule has 58 heavy (non-hydrogen) atoms. The van der Waals surface area contributed by atoms with Crippen LogP contribution in [-0.2, 0) is 73.0 Å². The molecule has 0 radical (unpaired) electrons. The fourth-order valence-corrected chi connectivity index (χ4v) is 4.81. The molecule has 1 N–H and O–H groups in total. The Balaban J connectivity index is 1.63. The maximum atomic E-state index is 11.7. The molecule has 0 aliphatic rings. The summed E-state index contributed by atoms with van der Waals surface area (Å²) in [7, 11) is 0. The number of ether oxygens (including phenoxy) is 13. The van der Waals surface area contributed by atoms with Gasteiger partial charge in [0.1, 0.15) is 13.2 Å². The van der Waals surface area contributed by atoms with E-state index in [1.54, 1.807) is 0 Å². The van der Waals surface area contributed by atoms with Crippen LogP contribution in [-0.4, -0.2) is 171 Å². The summed E-state index contributed by atoms with van der Waals surface area (Å²) < 4.78 is 70.6. The number of nitrogens with one attached hydrogen (secondary N) is 1. The molecule has 338 valence electrons. The summed E-state index contributed by atoms with van der Waals surface area (Å²) in [4.78, 5) is 23.4. The normalized spacial score (nSPS) is 11.3. The Hall–Kier alpha value is -2.48. The van der Waals surface area contributed by atoms with Gasteiger partial charge in [-0.05, 0) is 12.0 Å². The first-order valence-electron chi connectivity index (χ1n) is 21.2. The van der Waals surface area contributed by atoms with Gasteiger partial charge in [0.15, 0.2) is 0 Å². The maximum Gasteiger partial charge on any atom is 0.407 e. The van der Waals surface area contributed by atoms with Crippen molar-refractivity contribution in [2.24, 2.45) is 0 Å². The number of unbranched alkanes of at least 4 members (excludes halogenated alkanes) is 6. The van der Waals surface area contributed by atoms with Crippen LogP contribution in [0.5, 0.6) is 0 Å². The molecule has 16 heteroatoms. The first-order chi connectivity index (χ1) is 28.7. The topological polar surface area (TPSA) is 166 Å². The lowest BCUT2D eigenvalue weighted by molar-refractivity contribution is -0.145. The number of carbonyl (C=O) groups excluding carboxylic acids is 2. The highest BCUT2D eigenvalue weighted by Crippen LogP contribution is 2.09. The summed E-state index contributed by atoms with van der Waals surface area (Å²) >= 11 is 0. The van der Waals surface area contributed by atoms with Gasteiger partial charge in [-0.15, -0.1) is 0 Å². The Morgan fingerprint density at radius 3 is 1.16 bits per heavy atom. The van der Waals surface area contributed by atoms with Crippen LogP contribution in [0.25, 0.3) is 0 Å². The molecule has 0 saturated carbocycles. The van der Waals surface area contributed by atoms with Crippen molar-refractivity contribution in [3.63, 3.8) is 0 Å². The van der Waals surface area contributed by atoms with Gasteiger partial charge < -0.3 is 66.9 Å². The Kier molecular flexibility index (Phi) is 42.1. The van der Waals surface area contributed by atoms with E-state index in [4.69, 9.17) is 61.6 Å². The third-order valence-corrected chi connectivity index (χ3v) is 7.92. The number of hydrogen-bond acceptors (Lipinski definition) is 15. The predicted molar refractivity (Wildman–Crippen MR) is 217 cm³/mol. The zero-order valence-corrected chi connectivity index (χ0v) is 35.3. The zero-order chi connectivity index (χ0) is 41.5. The average molecular weight is 834 g/mol. The van der Waals surface area contributed by atoms with Crippen molar-refractivity contribution in [2.45, 2.75) is 64.9 Å². The third kappa shape index (κ3) is 41.7. The summed E-state index contributed by atoms with van der Waals surface area (Å²) in [5.41, 5.74) is 0.935. The van der Waals surface area contributed by atoms with E-state index in [0.29, 0.717) is 158 Å². The van der Waals surface area contributed by atoms with Gasteiger partial charge in [0.2, 0.25) is 0 Å². The summed E-state index contributed by atoms with van der Waals surface area (Å²) in [6.45, 7) is 13.3. The van der Waals surface area contributed by atoms with E-state index in [-0.39, 0.29) is 19.2 Å². The van der Waals surface area contributed by atoms with E-state index >= 15 is 0 Å². The van der Waals surface area contributed by atoms with Crippen LogP contribution < -0.4 is 5.32 Å². The number of hydrogen-bond donors (Lipinski definition) is 1. The van der Waals surface area contributed by atoms with E-state index in [2.05, 4.69) is 12.2 Å². The second-order valence-corrected chi connectivity index (χ2v) is 12.8. The molecule has 0 saturated heterocycles. The number of carbonyl (C=O) groups is 2. The Bertz CT molecular complexity index is 995. The van der Waals surface area contributed by atoms with Crippen molar-refractivity contribution in [3.8, 4) is 0 Å². The van der Waals surface area contributed by atoms with E-state index < -0.39 is 6.09 Å². The molecule has 1 aromatic rings. The molecule has 0 aliphatic carbocycles. The van der Waals surface area contributed by atoms with Crippen LogP contribution in [0.1, 0.15) is 63.9 Å². The van der Waals surface area contributed by atoms with E-state index in [1.165, 1.54) is 32.1 Å². The fraction of sp³-hybridized carbons (Fsp3) is 0.810. The van der Waals surface area contributed by atoms with E-state index in [0.717, 1.165) is 18.4 Å². The quantitative estimate of drug-likeness (QED) is 0.0704. The van der Waals surface area contributed by atoms with Gasteiger partial charge in [-0.25, -0.2) is 4.79 Å². The molecular weight excluding hydrogens is 758 g/mol. The Morgan fingerprint density at radius 1 is 0.414 bits per heavy atom. The molecule has 16 nitrogen and oxygen atoms in total. The zero-order valence-electron chi connectivity index (χ0n) is 35.3. The molecule has 0 unspecified atom stereocenters. The lowest BCUT2D eigenvalue weighted by atomic mass is 10.1. The molecular formula is C42H75NO15. The molecule has 0 atom stereocenters. The molecule has 1 aromatic carbocycles. The number of amides is 1. The van der Waals surface area contributed by atoms with Crippen LogP contribution in [0.3, 0.4) is 0 Å². The first-order valence-corrected chi connectivity index (χ1v) is 21.2. The van der Waals surface area contributed by atoms with Crippen molar-refractivity contribution in [1.29, 1.82) is 0 Å². The fourth-order valence-electron chi connectivity index (χ4n) is 4.81. The minimum atomic E-state index is -0.472. The number of benzene rings is 1. The Morgan fingerprint density at radius 2 is 0.759 bits per heavy atom. The smallest absolute Gasteiger partial charge is 0.407 e. The summed E-state index contributed by atoms with van der Waals surface area (Å²) in [6.07, 6.45) is 8.29. The van der Waals surface area contributed by atoms with E-state index in [9.17, 15) is 9.59 Å². The molecule has 0 aromatic heterocycles. The van der Waals surface area contributed by atoms with Gasteiger partial charge in [-0.3, -0.25) is 4.79 Å². The van der Waals surface area contributed by atoms with Gasteiger partial charge in [0, 0.05) is 13.0 Å². The monoisotopic (exact) mass is 834 g/mol. The van der Waals surface area contributed by atoms with E-state index in [1.807, 2.05) is 30.3 Å². The van der Waals surface area contributed by atoms with Crippen LogP contribution in [0.4, 0.5) is 4.79 Å². The number of rotatable bonds is 46. The summed E-state index contributed by atoms with van der Waals surface area (Å²) in [6, 6.07) is 9.50. The lowest BCUT2D eigenvalue weighted by Gasteiger charge is -2.09. The largest absolute Gasteiger partial charge is 0.463 e. The third-order valence-electron chi connectivity index (χ3n) is 7.92. The van der Waals surface area contributed by atoms with Crippen molar-refractivity contribution in [1.82, 2.24) is 5.32 Å². The summed E-state index contributed by atoms with van der Waals surface area (Å²) in [5, 5.41) is 2.64. The van der Waals surface area contributed by atoms with Crippen LogP contribution in [0.15, 0.2) is 30.3 Å². The first kappa shape index (κ1) is 53.5. The van der Waals surface area contributed by atoms with Crippen LogP contribution in [0.2, 0.25) is 0 Å². The highest BCUT2D eigenvalue weighted by Gasteiger charge is 2.04. The minimum absolute atomic E-state index is 0.145. The SMILES string of the molecule is CCCCCCCCCC(=O)OCCOCCOCCOCCOCCOCCOCCOCCOCCOCCOCCOCCNC(=O)OCc1ccccc1. The molecule has 0 aliphatic heterocycles. The highest BCUT2D eigenvalue weighted by molar-refractivity contribution is 5.69. The predicted octanol–water partition coefficient (Wildman–Crippen LogP) is 4.78. The van der Waals surface area contributed by atoms with Crippen molar-refractivity contribution in [3.05, 3.63) is 35.9 Å². The van der Waals surface area contributed by atoms with Crippen LogP contribution >= 0.6 is 0 Å². The van der Waals surface area contributed by atoms with Crippen molar-refractivity contribution in [2.75, 3.05) is 159 Å². The number of alkyl carbamates (subject to hydrolysis) is 1. The molecule has 0 fully saturated rings. The second kappa shape index (κ2) is 45.6. The molecule has 0 heterocycles. The minimum Gasteiger partial charge on any atom is -0.463 e. The van der Waals surface area contributed by atoms with Gasteiger partial charge in [-0.1, -0.05) is 75.8 Å². The van der Waals surface area contributed by atoms with Crippen molar-refractivity contribution >= 4 is 12.1 Å². The number of esters is 1.